The van der Waals surface area contributed by atoms with Crippen LogP contribution in [0.4, 0.5) is 17.2 Å². The summed E-state index contributed by atoms with van der Waals surface area (Å²) >= 11 is 1.86. The van der Waals surface area contributed by atoms with Crippen LogP contribution >= 0.6 is 11.3 Å². The molecule has 56 heavy (non-hydrogen) atoms. The molecule has 7 aromatic carbocycles. The monoisotopic (exact) mass is 754 g/mol. The number of hydrogen-bond acceptors (Lipinski definition) is 5. The second-order valence-electron chi connectivity index (χ2n) is 14.2. The number of aromatic nitrogens is 3. The standard InChI is InChI=1S/C49H34N4OSSi/c1-52-39-25-10-9-24-38(39)51-49(52)33-17-16-18-34(31-33)54-42-32-41-48(47-46(42)37-23-8-12-27-43(37)55-47)56(35-19-4-2-5-20-35,36-21-6-3-7-22-36)44-28-13-11-26-40(44)53(41)45-29-14-15-30-50-45/h2-32H,1H3. The van der Waals surface area contributed by atoms with Crippen molar-refractivity contribution in [2.24, 2.45) is 7.05 Å². The lowest BCUT2D eigenvalue weighted by molar-refractivity contribution is 0.489. The summed E-state index contributed by atoms with van der Waals surface area (Å²) in [4.78, 5) is 12.4. The van der Waals surface area contributed by atoms with Gasteiger partial charge in [-0.15, -0.1) is 11.3 Å². The fourth-order valence-corrected chi connectivity index (χ4v) is 15.7. The molecule has 0 amide bonds. The molecule has 1 aliphatic heterocycles. The van der Waals surface area contributed by atoms with Gasteiger partial charge in [0.25, 0.3) is 0 Å². The zero-order valence-electron chi connectivity index (χ0n) is 30.5. The summed E-state index contributed by atoms with van der Waals surface area (Å²) in [6.45, 7) is 0. The van der Waals surface area contributed by atoms with E-state index in [0.29, 0.717) is 0 Å². The summed E-state index contributed by atoms with van der Waals surface area (Å²) in [5, 5.41) is 7.66. The van der Waals surface area contributed by atoms with E-state index in [4.69, 9.17) is 14.7 Å². The summed E-state index contributed by atoms with van der Waals surface area (Å²) in [6, 6.07) is 65.1. The third-order valence-corrected chi connectivity index (χ3v) is 17.4. The van der Waals surface area contributed by atoms with Gasteiger partial charge in [0.2, 0.25) is 0 Å². The maximum atomic E-state index is 7.19. The summed E-state index contributed by atoms with van der Waals surface area (Å²) < 4.78 is 11.8. The molecule has 11 rings (SSSR count). The maximum absolute atomic E-state index is 7.19. The molecule has 0 saturated heterocycles. The third kappa shape index (κ3) is 4.84. The molecule has 0 spiro atoms. The minimum atomic E-state index is -2.99. The molecule has 0 unspecified atom stereocenters. The minimum absolute atomic E-state index is 0.751. The zero-order valence-corrected chi connectivity index (χ0v) is 32.3. The highest BCUT2D eigenvalue weighted by atomic mass is 32.1. The fraction of sp³-hybridized carbons (Fsp3) is 0.0204. The Balaban J connectivity index is 1.24. The molecule has 7 heteroatoms. The van der Waals surface area contributed by atoms with Crippen LogP contribution < -0.4 is 30.4 Å². The number of imidazole rings is 1. The Morgan fingerprint density at radius 1 is 0.625 bits per heavy atom. The molecule has 0 saturated carbocycles. The van der Waals surface area contributed by atoms with Gasteiger partial charge in [-0.2, -0.15) is 0 Å². The molecule has 0 aliphatic carbocycles. The van der Waals surface area contributed by atoms with Crippen LogP contribution in [0, 0.1) is 0 Å². The van der Waals surface area contributed by atoms with Gasteiger partial charge in [-0.3, -0.25) is 4.90 Å². The van der Waals surface area contributed by atoms with Crippen molar-refractivity contribution in [3.8, 4) is 22.9 Å². The number of fused-ring (bicyclic) bond motifs is 7. The van der Waals surface area contributed by atoms with E-state index in [1.165, 1.54) is 35.5 Å². The van der Waals surface area contributed by atoms with Crippen molar-refractivity contribution in [3.05, 3.63) is 188 Å². The average molecular weight is 755 g/mol. The number of ether oxygens (including phenoxy) is 1. The van der Waals surface area contributed by atoms with E-state index < -0.39 is 8.07 Å². The van der Waals surface area contributed by atoms with E-state index in [2.05, 4.69) is 180 Å². The van der Waals surface area contributed by atoms with Crippen molar-refractivity contribution < 1.29 is 4.74 Å². The molecule has 0 fully saturated rings. The molecule has 5 nitrogen and oxygen atoms in total. The van der Waals surface area contributed by atoms with Crippen molar-refractivity contribution >= 4 is 88.6 Å². The fourth-order valence-electron chi connectivity index (χ4n) is 8.83. The van der Waals surface area contributed by atoms with Crippen LogP contribution in [0.15, 0.2) is 188 Å². The summed E-state index contributed by atoms with van der Waals surface area (Å²) in [7, 11) is -0.923. The third-order valence-electron chi connectivity index (χ3n) is 11.2. The van der Waals surface area contributed by atoms with Gasteiger partial charge in [0.05, 0.1) is 16.7 Å². The SMILES string of the molecule is Cn1c(-c2cccc(Oc3cc4c(c5sc6ccccc6c35)[Si](c3ccccc3)(c3ccccc3)c3ccccc3N4c3ccccn3)c2)nc2ccccc21. The highest BCUT2D eigenvalue weighted by molar-refractivity contribution is 7.31. The van der Waals surface area contributed by atoms with Crippen LogP contribution in [0.3, 0.4) is 0 Å². The molecule has 4 heterocycles. The molecule has 0 atom stereocenters. The average Bonchev–Trinajstić information content (AvgIpc) is 3.82. The molecule has 3 aromatic heterocycles. The van der Waals surface area contributed by atoms with Gasteiger partial charge in [-0.1, -0.05) is 127 Å². The Labute approximate surface area is 329 Å². The molecule has 10 aromatic rings. The lowest BCUT2D eigenvalue weighted by atomic mass is 10.1. The topological polar surface area (TPSA) is 43.2 Å². The Hall–Kier alpha value is -6.80. The predicted molar refractivity (Wildman–Crippen MR) is 235 cm³/mol. The second kappa shape index (κ2) is 12.9. The number of thiophene rings is 1. The molecule has 266 valence electrons. The van der Waals surface area contributed by atoms with Crippen molar-refractivity contribution in [2.45, 2.75) is 0 Å². The van der Waals surface area contributed by atoms with E-state index in [0.717, 1.165) is 56.5 Å². The van der Waals surface area contributed by atoms with Crippen LogP contribution in [0.5, 0.6) is 11.5 Å². The lowest BCUT2D eigenvalue weighted by Crippen LogP contribution is -2.77. The smallest absolute Gasteiger partial charge is 0.185 e. The first kappa shape index (κ1) is 32.6. The number of benzene rings is 7. The van der Waals surface area contributed by atoms with Crippen LogP contribution in [0.25, 0.3) is 42.6 Å². The number of rotatable bonds is 6. The second-order valence-corrected chi connectivity index (χ2v) is 19.0. The number of anilines is 3. The summed E-state index contributed by atoms with van der Waals surface area (Å²) in [5.41, 5.74) is 5.27. The Bertz CT molecular complexity index is 3050. The number of hydrogen-bond donors (Lipinski definition) is 0. The Morgan fingerprint density at radius 2 is 1.34 bits per heavy atom. The van der Waals surface area contributed by atoms with Gasteiger partial charge < -0.3 is 9.30 Å². The highest BCUT2D eigenvalue weighted by Gasteiger charge is 2.51. The number of aryl methyl sites for hydroxylation is 1. The maximum Gasteiger partial charge on any atom is 0.185 e. The molecular formula is C49H34N4OSSi. The Kier molecular flexibility index (Phi) is 7.52. The van der Waals surface area contributed by atoms with Gasteiger partial charge in [-0.05, 0) is 69.3 Å². The molecule has 0 radical (unpaired) electrons. The first-order valence-electron chi connectivity index (χ1n) is 18.8. The van der Waals surface area contributed by atoms with Crippen molar-refractivity contribution in [1.82, 2.24) is 14.5 Å². The van der Waals surface area contributed by atoms with E-state index >= 15 is 0 Å². The summed E-state index contributed by atoms with van der Waals surface area (Å²) in [6.07, 6.45) is 1.88. The van der Waals surface area contributed by atoms with E-state index in [1.54, 1.807) is 0 Å². The van der Waals surface area contributed by atoms with E-state index in [1.807, 2.05) is 35.7 Å². The zero-order chi connectivity index (χ0) is 37.2. The van der Waals surface area contributed by atoms with Crippen molar-refractivity contribution in [3.63, 3.8) is 0 Å². The first-order valence-corrected chi connectivity index (χ1v) is 21.6. The van der Waals surface area contributed by atoms with Crippen molar-refractivity contribution in [2.75, 3.05) is 4.90 Å². The molecule has 0 N–H and O–H groups in total. The molecular weight excluding hydrogens is 721 g/mol. The largest absolute Gasteiger partial charge is 0.457 e. The molecule has 1 aliphatic rings. The minimum Gasteiger partial charge on any atom is -0.457 e. The Morgan fingerprint density at radius 3 is 2.12 bits per heavy atom. The summed E-state index contributed by atoms with van der Waals surface area (Å²) in [5.74, 6) is 3.32. The van der Waals surface area contributed by atoms with Crippen LogP contribution in [0.1, 0.15) is 0 Å². The lowest BCUT2D eigenvalue weighted by Gasteiger charge is -2.45. The van der Waals surface area contributed by atoms with Crippen LogP contribution in [-0.2, 0) is 7.05 Å². The first-order chi connectivity index (χ1) is 27.7. The van der Waals surface area contributed by atoms with Gasteiger partial charge in [0.1, 0.15) is 23.1 Å². The van der Waals surface area contributed by atoms with E-state index in [9.17, 15) is 0 Å². The quantitative estimate of drug-likeness (QED) is 0.159. The van der Waals surface area contributed by atoms with E-state index in [-0.39, 0.29) is 0 Å². The number of pyridine rings is 1. The van der Waals surface area contributed by atoms with Crippen molar-refractivity contribution in [1.29, 1.82) is 0 Å². The normalized spacial score (nSPS) is 13.2. The number of nitrogens with zero attached hydrogens (tertiary/aromatic N) is 4. The highest BCUT2D eigenvalue weighted by Crippen LogP contribution is 2.48. The predicted octanol–water partition coefficient (Wildman–Crippen LogP) is 9.96. The van der Waals surface area contributed by atoms with Gasteiger partial charge in [-0.25, -0.2) is 9.97 Å². The van der Waals surface area contributed by atoms with Crippen LogP contribution in [0.2, 0.25) is 0 Å². The molecule has 0 bridgehead atoms. The van der Waals surface area contributed by atoms with Crippen LogP contribution in [-0.4, -0.2) is 22.6 Å². The van der Waals surface area contributed by atoms with Gasteiger partial charge in [0, 0.05) is 50.7 Å². The van der Waals surface area contributed by atoms with Gasteiger partial charge in [0.15, 0.2) is 8.07 Å². The van der Waals surface area contributed by atoms with Gasteiger partial charge >= 0.3 is 0 Å². The number of para-hydroxylation sites is 3.